The lowest BCUT2D eigenvalue weighted by molar-refractivity contribution is -0.182. The van der Waals surface area contributed by atoms with Crippen molar-refractivity contribution in [3.63, 3.8) is 0 Å². The van der Waals surface area contributed by atoms with Gasteiger partial charge in [0.1, 0.15) is 5.60 Å². The summed E-state index contributed by atoms with van der Waals surface area (Å²) in [6.45, 7) is 5.70. The highest BCUT2D eigenvalue weighted by Crippen LogP contribution is 2.43. The quantitative estimate of drug-likeness (QED) is 0.623. The zero-order valence-electron chi connectivity index (χ0n) is 15.4. The number of carboxylic acids is 1. The first-order valence-electron chi connectivity index (χ1n) is 8.04. The molecule has 3 N–H and O–H groups in total. The number of hydrogen-bond acceptors (Lipinski definition) is 4. The number of carboxylic acid groups (broad SMARTS) is 1. The van der Waals surface area contributed by atoms with Crippen molar-refractivity contribution in [3.8, 4) is 0 Å². The van der Waals surface area contributed by atoms with Crippen LogP contribution in [0, 0.1) is 0 Å². The number of halogens is 5. The second kappa shape index (κ2) is 7.90. The van der Waals surface area contributed by atoms with Crippen LogP contribution in [0.25, 0.3) is 0 Å². The van der Waals surface area contributed by atoms with E-state index in [1.807, 2.05) is 0 Å². The Kier molecular flexibility index (Phi) is 6.66. The van der Waals surface area contributed by atoms with E-state index in [0.717, 1.165) is 6.07 Å². The van der Waals surface area contributed by atoms with Gasteiger partial charge in [0, 0.05) is 5.56 Å². The molecule has 11 heteroatoms. The van der Waals surface area contributed by atoms with Crippen molar-refractivity contribution < 1.29 is 46.5 Å². The fraction of sp³-hybridized carbons (Fsp3) is 0.529. The number of aryl methyl sites for hydroxylation is 1. The highest BCUT2D eigenvalue weighted by atomic mass is 19.4. The second-order valence-corrected chi connectivity index (χ2v) is 6.92. The summed E-state index contributed by atoms with van der Waals surface area (Å²) >= 11 is 0. The average Bonchev–Trinajstić information content (AvgIpc) is 2.51. The first-order chi connectivity index (χ1) is 12.5. The molecule has 0 heterocycles. The van der Waals surface area contributed by atoms with Crippen molar-refractivity contribution in [3.05, 3.63) is 28.8 Å². The van der Waals surface area contributed by atoms with Gasteiger partial charge in [-0.3, -0.25) is 5.32 Å². The Morgan fingerprint density at radius 1 is 1.14 bits per heavy atom. The number of ether oxygens (including phenoxy) is 1. The van der Waals surface area contributed by atoms with Crippen LogP contribution < -0.4 is 5.32 Å². The van der Waals surface area contributed by atoms with Gasteiger partial charge in [-0.1, -0.05) is 13.0 Å². The van der Waals surface area contributed by atoms with E-state index in [0.29, 0.717) is 6.07 Å². The topological polar surface area (TPSA) is 95.9 Å². The Labute approximate surface area is 157 Å². The number of nitrogens with one attached hydrogen (secondary N) is 1. The van der Waals surface area contributed by atoms with E-state index in [9.17, 15) is 36.6 Å². The molecule has 1 amide bonds. The Bertz CT molecular complexity index is 756. The van der Waals surface area contributed by atoms with E-state index in [4.69, 9.17) is 9.84 Å². The third-order valence-electron chi connectivity index (χ3n) is 3.49. The molecule has 28 heavy (non-hydrogen) atoms. The summed E-state index contributed by atoms with van der Waals surface area (Å²) in [7, 11) is 0. The molecule has 0 spiro atoms. The summed E-state index contributed by atoms with van der Waals surface area (Å²) in [6, 6.07) is 1.39. The standard InChI is InChI=1S/C17H20F5NO5/c1-5-8-6-9(12(24)16(18,19)13(25)26)11(10(7-8)17(20,21)22)23-14(27)28-15(2,3)4/h6-7,12,24H,5H2,1-4H3,(H,23,27)(H,25,26). The van der Waals surface area contributed by atoms with Gasteiger partial charge >= 0.3 is 24.2 Å². The number of hydrogen-bond donors (Lipinski definition) is 3. The normalized spacial score (nSPS) is 13.8. The molecule has 6 nitrogen and oxygen atoms in total. The molecular formula is C17H20F5NO5. The van der Waals surface area contributed by atoms with Crippen molar-refractivity contribution in [1.82, 2.24) is 0 Å². The predicted molar refractivity (Wildman–Crippen MR) is 88.2 cm³/mol. The summed E-state index contributed by atoms with van der Waals surface area (Å²) in [5.74, 6) is -7.54. The summed E-state index contributed by atoms with van der Waals surface area (Å²) in [5, 5.41) is 20.2. The van der Waals surface area contributed by atoms with Gasteiger partial charge in [-0.15, -0.1) is 0 Å². The number of carbonyl (C=O) groups is 2. The zero-order valence-corrected chi connectivity index (χ0v) is 15.4. The number of aliphatic hydroxyl groups excluding tert-OH is 1. The first-order valence-corrected chi connectivity index (χ1v) is 8.04. The molecule has 1 atom stereocenters. The van der Waals surface area contributed by atoms with Crippen LogP contribution >= 0.6 is 0 Å². The van der Waals surface area contributed by atoms with Gasteiger partial charge in [0.2, 0.25) is 0 Å². The molecule has 0 saturated carbocycles. The van der Waals surface area contributed by atoms with Crippen molar-refractivity contribution in [2.45, 2.75) is 57.9 Å². The van der Waals surface area contributed by atoms with Gasteiger partial charge in [-0.05, 0) is 38.8 Å². The highest BCUT2D eigenvalue weighted by molar-refractivity contribution is 5.88. The zero-order chi connectivity index (χ0) is 22.1. The molecule has 0 radical (unpaired) electrons. The van der Waals surface area contributed by atoms with E-state index >= 15 is 0 Å². The maximum absolute atomic E-state index is 13.8. The minimum atomic E-state index is -5.09. The van der Waals surface area contributed by atoms with Crippen molar-refractivity contribution in [2.75, 3.05) is 5.32 Å². The van der Waals surface area contributed by atoms with Crippen molar-refractivity contribution in [1.29, 1.82) is 0 Å². The van der Waals surface area contributed by atoms with Gasteiger partial charge < -0.3 is 14.9 Å². The van der Waals surface area contributed by atoms with E-state index in [-0.39, 0.29) is 12.0 Å². The second-order valence-electron chi connectivity index (χ2n) is 6.92. The Morgan fingerprint density at radius 2 is 1.68 bits per heavy atom. The Balaban J connectivity index is 3.67. The Morgan fingerprint density at radius 3 is 2.07 bits per heavy atom. The largest absolute Gasteiger partial charge is 0.477 e. The van der Waals surface area contributed by atoms with Crippen LogP contribution in [0.3, 0.4) is 0 Å². The number of alkyl halides is 5. The molecule has 0 bridgehead atoms. The number of carbonyl (C=O) groups excluding carboxylic acids is 1. The maximum Gasteiger partial charge on any atom is 0.418 e. The van der Waals surface area contributed by atoms with Crippen LogP contribution in [0.5, 0.6) is 0 Å². The number of rotatable bonds is 5. The lowest BCUT2D eigenvalue weighted by Gasteiger charge is -2.26. The molecular weight excluding hydrogens is 393 g/mol. The van der Waals surface area contributed by atoms with Gasteiger partial charge in [0.05, 0.1) is 11.3 Å². The highest BCUT2D eigenvalue weighted by Gasteiger charge is 2.50. The summed E-state index contributed by atoms with van der Waals surface area (Å²) in [5.41, 5.74) is -5.03. The number of amides is 1. The monoisotopic (exact) mass is 413 g/mol. The average molecular weight is 413 g/mol. The van der Waals surface area contributed by atoms with Crippen LogP contribution in [-0.4, -0.2) is 33.8 Å². The first kappa shape index (κ1) is 23.6. The third kappa shape index (κ3) is 5.54. The van der Waals surface area contributed by atoms with Gasteiger partial charge in [-0.2, -0.15) is 22.0 Å². The molecule has 0 fully saturated rings. The summed E-state index contributed by atoms with van der Waals surface area (Å²) in [4.78, 5) is 22.7. The Hall–Kier alpha value is -2.43. The number of aliphatic hydroxyl groups is 1. The maximum atomic E-state index is 13.8. The van der Waals surface area contributed by atoms with Crippen LogP contribution in [-0.2, 0) is 22.1 Å². The lowest BCUT2D eigenvalue weighted by atomic mass is 9.94. The van der Waals surface area contributed by atoms with Crippen molar-refractivity contribution >= 4 is 17.7 Å². The number of benzene rings is 1. The van der Waals surface area contributed by atoms with E-state index in [1.54, 1.807) is 5.32 Å². The smallest absolute Gasteiger partial charge is 0.418 e. The van der Waals surface area contributed by atoms with E-state index in [1.165, 1.54) is 27.7 Å². The molecule has 1 aromatic rings. The van der Waals surface area contributed by atoms with E-state index in [2.05, 4.69) is 0 Å². The molecule has 1 rings (SSSR count). The molecule has 158 valence electrons. The van der Waals surface area contributed by atoms with Crippen LogP contribution in [0.4, 0.5) is 32.4 Å². The van der Waals surface area contributed by atoms with Crippen molar-refractivity contribution in [2.24, 2.45) is 0 Å². The van der Waals surface area contributed by atoms with Crippen LogP contribution in [0.2, 0.25) is 0 Å². The van der Waals surface area contributed by atoms with Crippen LogP contribution in [0.1, 0.15) is 50.5 Å². The molecule has 0 aliphatic heterocycles. The van der Waals surface area contributed by atoms with Crippen LogP contribution in [0.15, 0.2) is 12.1 Å². The molecule has 0 aliphatic rings. The van der Waals surface area contributed by atoms with Gasteiger partial charge in [0.25, 0.3) is 0 Å². The van der Waals surface area contributed by atoms with Gasteiger partial charge in [-0.25, -0.2) is 9.59 Å². The minimum absolute atomic E-state index is 0.0336. The summed E-state index contributed by atoms with van der Waals surface area (Å²) < 4.78 is 72.9. The SMILES string of the molecule is CCc1cc(C(O)C(F)(F)C(=O)O)c(NC(=O)OC(C)(C)C)c(C(F)(F)F)c1. The third-order valence-corrected chi connectivity index (χ3v) is 3.49. The van der Waals surface area contributed by atoms with E-state index < -0.39 is 52.7 Å². The predicted octanol–water partition coefficient (Wildman–Crippen LogP) is 4.37. The minimum Gasteiger partial charge on any atom is -0.477 e. The molecule has 0 aliphatic carbocycles. The van der Waals surface area contributed by atoms with Gasteiger partial charge in [0.15, 0.2) is 6.10 Å². The molecule has 1 aromatic carbocycles. The number of anilines is 1. The molecule has 1 unspecified atom stereocenters. The molecule has 0 saturated heterocycles. The lowest BCUT2D eigenvalue weighted by Crippen LogP contribution is -2.36. The fourth-order valence-corrected chi connectivity index (χ4v) is 2.23. The number of aliphatic carboxylic acids is 1. The fourth-order valence-electron chi connectivity index (χ4n) is 2.23. The molecule has 0 aromatic heterocycles. The summed E-state index contributed by atoms with van der Waals surface area (Å²) in [6.07, 6.45) is -9.67.